The third-order valence-electron chi connectivity index (χ3n) is 20.2. The molecule has 4 nitrogen and oxygen atoms in total. The van der Waals surface area contributed by atoms with Crippen molar-refractivity contribution in [1.29, 1.82) is 0 Å². The van der Waals surface area contributed by atoms with Gasteiger partial charge in [-0.1, -0.05) is 208 Å². The van der Waals surface area contributed by atoms with Gasteiger partial charge in [0.25, 0.3) is 0 Å². The second-order valence-electron chi connectivity index (χ2n) is 31.6. The van der Waals surface area contributed by atoms with Gasteiger partial charge < -0.3 is 18.6 Å². The normalized spacial score (nSPS) is 14.3. The highest BCUT2D eigenvalue weighted by Crippen LogP contribution is 2.48. The van der Waals surface area contributed by atoms with E-state index in [1.54, 1.807) is 0 Å². The van der Waals surface area contributed by atoms with Crippen LogP contribution >= 0.6 is 0 Å². The Morgan fingerprint density at radius 3 is 1.45 bits per heavy atom. The van der Waals surface area contributed by atoms with E-state index in [4.69, 9.17) is 0 Å². The van der Waals surface area contributed by atoms with Crippen LogP contribution in [0.4, 0.5) is 17.1 Å². The monoisotopic (exact) mass is 1150 g/mol. The van der Waals surface area contributed by atoms with Crippen LogP contribution < -0.4 is 21.3 Å². The first kappa shape index (κ1) is 56.0. The highest BCUT2D eigenvalue weighted by molar-refractivity contribution is 6.99. The summed E-state index contributed by atoms with van der Waals surface area (Å²) in [6.07, 6.45) is 0. The number of aromatic nitrogens is 3. The Bertz CT molecular complexity index is 5060. The average molecular weight is 1150 g/mol. The van der Waals surface area contributed by atoms with Crippen molar-refractivity contribution in [2.24, 2.45) is 0 Å². The van der Waals surface area contributed by atoms with E-state index in [2.05, 4.69) is 330 Å². The van der Waals surface area contributed by atoms with Crippen LogP contribution in [0.25, 0.3) is 82.5 Å². The molecule has 438 valence electrons. The van der Waals surface area contributed by atoms with Crippen molar-refractivity contribution >= 4 is 106 Å². The number of para-hydroxylation sites is 2. The molecule has 0 saturated heterocycles. The summed E-state index contributed by atoms with van der Waals surface area (Å²) in [5.74, 6) is 0. The molecular weight excluding hydrogens is 1060 g/mol. The minimum Gasteiger partial charge on any atom is -0.310 e. The van der Waals surface area contributed by atoms with Crippen molar-refractivity contribution in [2.75, 3.05) is 4.90 Å². The summed E-state index contributed by atoms with van der Waals surface area (Å²) in [6.45, 7) is 40.4. The molecule has 5 heteroatoms. The molecule has 0 saturated carbocycles. The van der Waals surface area contributed by atoms with Crippen molar-refractivity contribution in [3.05, 3.63) is 233 Å². The summed E-state index contributed by atoms with van der Waals surface area (Å²) >= 11 is 0. The lowest BCUT2D eigenvalue weighted by atomic mass is 9.30. The lowest BCUT2D eigenvalue weighted by Crippen LogP contribution is -2.63. The van der Waals surface area contributed by atoms with Crippen molar-refractivity contribution in [2.45, 2.75) is 150 Å². The molecule has 5 heterocycles. The van der Waals surface area contributed by atoms with Crippen LogP contribution in [0.3, 0.4) is 0 Å². The fraction of sp³-hybridized carbons (Fsp3) is 0.277. The molecule has 0 bridgehead atoms. The highest BCUT2D eigenvalue weighted by Gasteiger charge is 2.47. The molecule has 88 heavy (non-hydrogen) atoms. The molecule has 0 spiro atoms. The summed E-state index contributed by atoms with van der Waals surface area (Å²) in [4.78, 5) is 2.47. The predicted molar refractivity (Wildman–Crippen MR) is 381 cm³/mol. The average Bonchev–Trinajstić information content (AvgIpc) is 1.35. The summed E-state index contributed by atoms with van der Waals surface area (Å²) in [7, 11) is 0. The Hall–Kier alpha value is -8.54. The lowest BCUT2D eigenvalue weighted by molar-refractivity contribution is 0.582. The van der Waals surface area contributed by atoms with Gasteiger partial charge in [-0.15, -0.1) is 0 Å². The molecule has 0 unspecified atom stereocenters. The molecule has 0 fully saturated rings. The van der Waals surface area contributed by atoms with Crippen LogP contribution in [0.1, 0.15) is 157 Å². The second-order valence-corrected chi connectivity index (χ2v) is 31.6. The smallest absolute Gasteiger partial charge is 0.247 e. The van der Waals surface area contributed by atoms with Crippen LogP contribution in [-0.2, 0) is 32.5 Å². The van der Waals surface area contributed by atoms with E-state index >= 15 is 0 Å². The van der Waals surface area contributed by atoms with Crippen molar-refractivity contribution < 1.29 is 0 Å². The Balaban J connectivity index is 0.998. The van der Waals surface area contributed by atoms with Crippen molar-refractivity contribution in [1.82, 2.24) is 13.7 Å². The third-order valence-corrected chi connectivity index (χ3v) is 20.2. The first-order valence-corrected chi connectivity index (χ1v) is 32.1. The SMILES string of the molecule is CC(C)(C)c1ccc(N(c2cccc(-n3c4ccc(C(C)(C)C)cc4c4cc5c(cc43)C(C)(C)c3cc(C(C)(C)C)cc4c3B5c3cc(C(C)(C)C)cc5c6cc(C(C)(C)C)ccc6n-4c35)c2)c2ccc3c(c2)c2ccccc2n3-c2ccccc2)cc1. The lowest BCUT2D eigenvalue weighted by Gasteiger charge is -2.43. The maximum atomic E-state index is 2.68. The standard InChI is InChI=1S/C83H83BN4/c1-78(2,3)50-30-34-56(35-31-50)85(59-36-39-72-63(47-59)60-28-21-22-29-70(60)86(72)55-24-19-18-20-25-55)57-26-23-27-58(46-57)87-71-37-32-51(79(4,5)6)40-61(71)64-48-68-66(49-74(64)87)83(16,17)67-43-54(82(13,14)15)45-75-76(67)84(68)69-44-53(81(10,11)12)42-65-62-41-52(80(7,8)9)33-38-73(62)88(75)77(65)69/h18-49H,1-17H3. The molecule has 0 N–H and O–H groups in total. The summed E-state index contributed by atoms with van der Waals surface area (Å²) in [6, 6.07) is 75.6. The number of hydrogen-bond acceptors (Lipinski definition) is 1. The molecule has 3 aromatic heterocycles. The zero-order chi connectivity index (χ0) is 61.7. The van der Waals surface area contributed by atoms with Crippen LogP contribution in [0, 0.1) is 0 Å². The molecule has 2 aliphatic heterocycles. The first-order valence-electron chi connectivity index (χ1n) is 32.1. The Morgan fingerprint density at radius 1 is 0.318 bits per heavy atom. The maximum absolute atomic E-state index is 2.68. The second kappa shape index (κ2) is 18.8. The molecule has 13 aromatic rings. The van der Waals surface area contributed by atoms with Crippen LogP contribution in [-0.4, -0.2) is 20.4 Å². The largest absolute Gasteiger partial charge is 0.310 e. The van der Waals surface area contributed by atoms with Gasteiger partial charge in [0.05, 0.1) is 27.6 Å². The number of rotatable bonds is 5. The fourth-order valence-corrected chi connectivity index (χ4v) is 15.1. The Kier molecular flexibility index (Phi) is 11.9. The van der Waals surface area contributed by atoms with Gasteiger partial charge in [0, 0.05) is 77.4 Å². The van der Waals surface area contributed by atoms with Crippen molar-refractivity contribution in [3.63, 3.8) is 0 Å². The van der Waals surface area contributed by atoms with Crippen LogP contribution in [0.15, 0.2) is 194 Å². The van der Waals surface area contributed by atoms with Gasteiger partial charge in [0.2, 0.25) is 6.71 Å². The van der Waals surface area contributed by atoms with E-state index in [0.29, 0.717) is 0 Å². The van der Waals surface area contributed by atoms with E-state index in [0.717, 1.165) is 28.4 Å². The number of fused-ring (bicyclic) bond motifs is 13. The van der Waals surface area contributed by atoms with Gasteiger partial charge >= 0.3 is 0 Å². The van der Waals surface area contributed by atoms with E-state index in [1.165, 1.54) is 126 Å². The number of benzene rings is 10. The fourth-order valence-electron chi connectivity index (χ4n) is 15.1. The predicted octanol–water partition coefficient (Wildman–Crippen LogP) is 20.4. The Morgan fingerprint density at radius 2 is 0.807 bits per heavy atom. The number of anilines is 3. The molecule has 10 aromatic carbocycles. The summed E-state index contributed by atoms with van der Waals surface area (Å²) in [5, 5.41) is 7.72. The number of nitrogens with zero attached hydrogens (tertiary/aromatic N) is 4. The summed E-state index contributed by atoms with van der Waals surface area (Å²) in [5.41, 5.74) is 27.7. The number of hydrogen-bond donors (Lipinski definition) is 0. The Labute approximate surface area is 521 Å². The zero-order valence-corrected chi connectivity index (χ0v) is 54.8. The minimum absolute atomic E-state index is 0.00403. The van der Waals surface area contributed by atoms with Crippen molar-refractivity contribution in [3.8, 4) is 17.1 Å². The first-order chi connectivity index (χ1) is 41.6. The molecule has 0 radical (unpaired) electrons. The maximum Gasteiger partial charge on any atom is 0.247 e. The molecule has 15 rings (SSSR count). The van der Waals surface area contributed by atoms with E-state index < -0.39 is 0 Å². The highest BCUT2D eigenvalue weighted by atomic mass is 15.1. The van der Waals surface area contributed by atoms with E-state index in [9.17, 15) is 0 Å². The van der Waals surface area contributed by atoms with Gasteiger partial charge in [-0.3, -0.25) is 0 Å². The molecule has 0 atom stereocenters. The molecule has 2 aliphatic rings. The van der Waals surface area contributed by atoms with E-state index in [-0.39, 0.29) is 39.2 Å². The van der Waals surface area contributed by atoms with Gasteiger partial charge in [0.1, 0.15) is 0 Å². The van der Waals surface area contributed by atoms with Gasteiger partial charge in [-0.05, 0) is 186 Å². The van der Waals surface area contributed by atoms with Crippen LogP contribution in [0.2, 0.25) is 0 Å². The summed E-state index contributed by atoms with van der Waals surface area (Å²) < 4.78 is 7.68. The van der Waals surface area contributed by atoms with Gasteiger partial charge in [-0.25, -0.2) is 0 Å². The molecule has 0 amide bonds. The minimum atomic E-state index is -0.357. The third kappa shape index (κ3) is 8.45. The van der Waals surface area contributed by atoms with Gasteiger partial charge in [0.15, 0.2) is 0 Å². The molecular formula is C83H83BN4. The quantitative estimate of drug-likeness (QED) is 0.157. The van der Waals surface area contributed by atoms with E-state index in [1.807, 2.05) is 0 Å². The molecule has 0 aliphatic carbocycles. The van der Waals surface area contributed by atoms with Crippen LogP contribution in [0.5, 0.6) is 0 Å². The topological polar surface area (TPSA) is 18.0 Å². The zero-order valence-electron chi connectivity index (χ0n) is 54.8. The van der Waals surface area contributed by atoms with Gasteiger partial charge in [-0.2, -0.15) is 0 Å².